The number of hydrogen-bond donors (Lipinski definition) is 2. The van der Waals surface area contributed by atoms with Crippen LogP contribution in [0.2, 0.25) is 0 Å². The van der Waals surface area contributed by atoms with Crippen molar-refractivity contribution in [2.75, 3.05) is 5.32 Å². The summed E-state index contributed by atoms with van der Waals surface area (Å²) in [6, 6.07) is 9.02. The minimum atomic E-state index is 0.328. The highest BCUT2D eigenvalue weighted by molar-refractivity contribution is 5.64. The van der Waals surface area contributed by atoms with Crippen LogP contribution < -0.4 is 11.1 Å². The third kappa shape index (κ3) is 4.27. The predicted octanol–water partition coefficient (Wildman–Crippen LogP) is 3.77. The van der Waals surface area contributed by atoms with Crippen LogP contribution in [0.4, 0.5) is 5.95 Å². The van der Waals surface area contributed by atoms with Gasteiger partial charge in [0.25, 0.3) is 0 Å². The van der Waals surface area contributed by atoms with Gasteiger partial charge in [-0.2, -0.15) is 0 Å². The maximum Gasteiger partial charge on any atom is 0.223 e. The highest BCUT2D eigenvalue weighted by Gasteiger charge is 2.20. The summed E-state index contributed by atoms with van der Waals surface area (Å²) in [5.41, 5.74) is 12.2. The van der Waals surface area contributed by atoms with Crippen LogP contribution in [0.1, 0.15) is 42.4 Å². The minimum absolute atomic E-state index is 0.328. The quantitative estimate of drug-likeness (QED) is 0.517. The lowest BCUT2D eigenvalue weighted by Crippen LogP contribution is -2.33. The summed E-state index contributed by atoms with van der Waals surface area (Å²) in [4.78, 5) is 18.2. The Labute approximate surface area is 181 Å². The Bertz CT molecular complexity index is 1180. The first kappa shape index (κ1) is 19.6. The number of fused-ring (bicyclic) bond motifs is 1. The number of nitrogens with one attached hydrogen (secondary N) is 1. The summed E-state index contributed by atoms with van der Waals surface area (Å²) in [7, 11) is 0. The van der Waals surface area contributed by atoms with E-state index in [1.807, 2.05) is 31.6 Å². The molecule has 0 saturated heterocycles. The van der Waals surface area contributed by atoms with E-state index in [0.29, 0.717) is 18.0 Å². The molecule has 0 bridgehead atoms. The van der Waals surface area contributed by atoms with Crippen LogP contribution in [0, 0.1) is 6.92 Å². The SMILES string of the molecule is Cc1cnc(NC2CCC(N)CC2)nc1-c1cnc2cc(Cc3cccnc3)ccn12. The number of rotatable bonds is 5. The van der Waals surface area contributed by atoms with Crippen LogP contribution in [0.3, 0.4) is 0 Å². The van der Waals surface area contributed by atoms with Crippen molar-refractivity contribution in [1.29, 1.82) is 0 Å². The second-order valence-electron chi connectivity index (χ2n) is 8.43. The molecule has 0 radical (unpaired) electrons. The number of imidazole rings is 1. The first-order valence-corrected chi connectivity index (χ1v) is 10.9. The Kier molecular flexibility index (Phi) is 5.34. The minimum Gasteiger partial charge on any atom is -0.351 e. The Hall–Kier alpha value is -3.32. The fourth-order valence-corrected chi connectivity index (χ4v) is 4.26. The van der Waals surface area contributed by atoms with Crippen LogP contribution >= 0.6 is 0 Å². The predicted molar refractivity (Wildman–Crippen MR) is 122 cm³/mol. The lowest BCUT2D eigenvalue weighted by molar-refractivity contribution is 0.410. The van der Waals surface area contributed by atoms with Crippen LogP contribution in [0.15, 0.2) is 55.2 Å². The van der Waals surface area contributed by atoms with E-state index in [2.05, 4.69) is 49.1 Å². The van der Waals surface area contributed by atoms with E-state index in [4.69, 9.17) is 10.7 Å². The molecule has 4 heterocycles. The van der Waals surface area contributed by atoms with Gasteiger partial charge in [-0.15, -0.1) is 0 Å². The molecular weight excluding hydrogens is 386 g/mol. The first-order valence-electron chi connectivity index (χ1n) is 10.9. The molecule has 1 aliphatic carbocycles. The van der Waals surface area contributed by atoms with Crippen molar-refractivity contribution in [3.8, 4) is 11.4 Å². The highest BCUT2D eigenvalue weighted by Crippen LogP contribution is 2.25. The molecule has 7 heteroatoms. The van der Waals surface area contributed by atoms with Gasteiger partial charge in [-0.25, -0.2) is 15.0 Å². The Balaban J connectivity index is 1.41. The van der Waals surface area contributed by atoms with Gasteiger partial charge in [0.05, 0.1) is 17.6 Å². The number of nitrogens with zero attached hydrogens (tertiary/aromatic N) is 5. The number of pyridine rings is 2. The van der Waals surface area contributed by atoms with Crippen molar-refractivity contribution in [2.45, 2.75) is 51.1 Å². The molecule has 5 rings (SSSR count). The zero-order valence-corrected chi connectivity index (χ0v) is 17.7. The van der Waals surface area contributed by atoms with E-state index in [9.17, 15) is 0 Å². The third-order valence-corrected chi connectivity index (χ3v) is 6.03. The van der Waals surface area contributed by atoms with Crippen molar-refractivity contribution in [2.24, 2.45) is 5.73 Å². The molecule has 1 fully saturated rings. The van der Waals surface area contributed by atoms with E-state index < -0.39 is 0 Å². The van der Waals surface area contributed by atoms with Crippen LogP contribution in [0.25, 0.3) is 17.0 Å². The molecule has 4 aromatic rings. The maximum atomic E-state index is 6.03. The van der Waals surface area contributed by atoms with Crippen molar-refractivity contribution < 1.29 is 0 Å². The van der Waals surface area contributed by atoms with Gasteiger partial charge in [-0.1, -0.05) is 6.07 Å². The zero-order chi connectivity index (χ0) is 21.2. The largest absolute Gasteiger partial charge is 0.351 e. The van der Waals surface area contributed by atoms with E-state index in [1.165, 1.54) is 11.1 Å². The van der Waals surface area contributed by atoms with Gasteiger partial charge >= 0.3 is 0 Å². The second kappa shape index (κ2) is 8.43. The Morgan fingerprint density at radius 1 is 1.06 bits per heavy atom. The molecule has 0 aliphatic heterocycles. The molecule has 158 valence electrons. The summed E-state index contributed by atoms with van der Waals surface area (Å²) in [5, 5.41) is 3.50. The number of anilines is 1. The number of nitrogens with two attached hydrogens (primary N) is 1. The zero-order valence-electron chi connectivity index (χ0n) is 17.7. The molecule has 0 unspecified atom stereocenters. The van der Waals surface area contributed by atoms with Gasteiger partial charge in [-0.05, 0) is 73.9 Å². The van der Waals surface area contributed by atoms with Gasteiger partial charge in [0.2, 0.25) is 5.95 Å². The normalized spacial score (nSPS) is 18.9. The molecule has 1 saturated carbocycles. The molecule has 3 N–H and O–H groups in total. The molecule has 0 spiro atoms. The summed E-state index contributed by atoms with van der Waals surface area (Å²) in [6.45, 7) is 2.04. The molecule has 1 aliphatic rings. The molecule has 0 aromatic carbocycles. The van der Waals surface area contributed by atoms with Crippen molar-refractivity contribution in [3.63, 3.8) is 0 Å². The fraction of sp³-hybridized carbons (Fsp3) is 0.333. The van der Waals surface area contributed by atoms with E-state index in [0.717, 1.165) is 54.7 Å². The molecular formula is C24H27N7. The molecule has 4 aromatic heterocycles. The Morgan fingerprint density at radius 3 is 2.74 bits per heavy atom. The standard InChI is InChI=1S/C24H27N7/c1-16-13-28-24(29-20-6-4-19(25)5-7-20)30-23(16)21-15-27-22-12-17(8-10-31(21)22)11-18-3-2-9-26-14-18/h2-3,8-10,12-15,19-20H,4-7,11,25H2,1H3,(H,28,29,30). The van der Waals surface area contributed by atoms with Crippen molar-refractivity contribution >= 4 is 11.6 Å². The van der Waals surface area contributed by atoms with Crippen molar-refractivity contribution in [1.82, 2.24) is 24.3 Å². The average molecular weight is 414 g/mol. The summed E-state index contributed by atoms with van der Waals surface area (Å²) in [6.07, 6.45) is 14.6. The van der Waals surface area contributed by atoms with Crippen molar-refractivity contribution in [3.05, 3.63) is 71.9 Å². The average Bonchev–Trinajstić information content (AvgIpc) is 3.20. The van der Waals surface area contributed by atoms with E-state index in [-0.39, 0.29) is 0 Å². The topological polar surface area (TPSA) is 94.0 Å². The first-order chi connectivity index (χ1) is 15.2. The third-order valence-electron chi connectivity index (χ3n) is 6.03. The number of hydrogen-bond acceptors (Lipinski definition) is 6. The van der Waals surface area contributed by atoms with Gasteiger partial charge < -0.3 is 11.1 Å². The van der Waals surface area contributed by atoms with Crippen LogP contribution in [-0.2, 0) is 6.42 Å². The summed E-state index contributed by atoms with van der Waals surface area (Å²) < 4.78 is 2.09. The molecule has 31 heavy (non-hydrogen) atoms. The van der Waals surface area contributed by atoms with Gasteiger partial charge in [0.1, 0.15) is 5.65 Å². The fourth-order valence-electron chi connectivity index (χ4n) is 4.26. The van der Waals surface area contributed by atoms with E-state index >= 15 is 0 Å². The monoisotopic (exact) mass is 413 g/mol. The smallest absolute Gasteiger partial charge is 0.223 e. The maximum absolute atomic E-state index is 6.03. The van der Waals surface area contributed by atoms with E-state index in [1.54, 1.807) is 6.20 Å². The Morgan fingerprint density at radius 2 is 1.94 bits per heavy atom. The number of aromatic nitrogens is 5. The van der Waals surface area contributed by atoms with Gasteiger partial charge in [0, 0.05) is 36.9 Å². The highest BCUT2D eigenvalue weighted by atomic mass is 15.1. The summed E-state index contributed by atoms with van der Waals surface area (Å²) in [5.74, 6) is 0.671. The molecule has 0 amide bonds. The lowest BCUT2D eigenvalue weighted by Gasteiger charge is -2.26. The summed E-state index contributed by atoms with van der Waals surface area (Å²) >= 11 is 0. The number of aryl methyl sites for hydroxylation is 1. The van der Waals surface area contributed by atoms with Gasteiger partial charge in [-0.3, -0.25) is 9.38 Å². The van der Waals surface area contributed by atoms with Crippen LogP contribution in [0.5, 0.6) is 0 Å². The molecule has 0 atom stereocenters. The lowest BCUT2D eigenvalue weighted by atomic mass is 9.92. The van der Waals surface area contributed by atoms with Gasteiger partial charge in [0.15, 0.2) is 0 Å². The second-order valence-corrected chi connectivity index (χ2v) is 8.43. The molecule has 7 nitrogen and oxygen atoms in total. The van der Waals surface area contributed by atoms with Crippen LogP contribution in [-0.4, -0.2) is 36.4 Å².